The lowest BCUT2D eigenvalue weighted by atomic mass is 9.93. The average molecular weight is 424 g/mol. The van der Waals surface area contributed by atoms with Crippen molar-refractivity contribution in [2.75, 3.05) is 11.9 Å². The van der Waals surface area contributed by atoms with E-state index in [1.807, 2.05) is 11.0 Å². The number of carbonyl (C=O) groups excluding carboxylic acids is 1. The molecule has 0 N–H and O–H groups in total. The molecule has 1 aliphatic carbocycles. The van der Waals surface area contributed by atoms with Crippen LogP contribution in [0.4, 0.5) is 0 Å². The van der Waals surface area contributed by atoms with E-state index in [-0.39, 0.29) is 5.91 Å². The molecule has 1 aromatic carbocycles. The molecule has 0 radical (unpaired) electrons. The van der Waals surface area contributed by atoms with Crippen molar-refractivity contribution in [3.05, 3.63) is 33.3 Å². The van der Waals surface area contributed by atoms with Crippen molar-refractivity contribution in [2.45, 2.75) is 38.1 Å². The maximum atomic E-state index is 12.7. The van der Waals surface area contributed by atoms with Crippen LogP contribution in [-0.2, 0) is 0 Å². The molecule has 20 heavy (non-hydrogen) atoms. The summed E-state index contributed by atoms with van der Waals surface area (Å²) in [5.74, 6) is 0.105. The van der Waals surface area contributed by atoms with E-state index in [0.29, 0.717) is 16.6 Å². The maximum Gasteiger partial charge on any atom is 0.254 e. The third kappa shape index (κ3) is 3.99. The second-order valence-electron chi connectivity index (χ2n) is 5.11. The standard InChI is InChI=1S/C15H18Br2ClNO/c16-8-9-19(12-4-2-1-3-5-12)15(20)11-6-7-14(18)13(17)10-11/h6-7,10,12H,1-5,8-9H2. The highest BCUT2D eigenvalue weighted by molar-refractivity contribution is 9.10. The van der Waals surface area contributed by atoms with Crippen LogP contribution in [0.15, 0.2) is 22.7 Å². The Balaban J connectivity index is 2.18. The van der Waals surface area contributed by atoms with E-state index >= 15 is 0 Å². The molecule has 0 spiro atoms. The van der Waals surface area contributed by atoms with Gasteiger partial charge < -0.3 is 4.90 Å². The summed E-state index contributed by atoms with van der Waals surface area (Å²) in [4.78, 5) is 14.8. The zero-order chi connectivity index (χ0) is 14.5. The highest BCUT2D eigenvalue weighted by atomic mass is 79.9. The molecule has 0 saturated heterocycles. The van der Waals surface area contributed by atoms with E-state index in [1.165, 1.54) is 19.3 Å². The van der Waals surface area contributed by atoms with Gasteiger partial charge in [0.25, 0.3) is 5.91 Å². The Kier molecular flexibility index (Phi) is 6.37. The number of hydrogen-bond acceptors (Lipinski definition) is 1. The normalized spacial score (nSPS) is 16.1. The minimum atomic E-state index is 0.105. The molecule has 1 fully saturated rings. The predicted octanol–water partition coefficient (Wildman–Crippen LogP) is 5.27. The Morgan fingerprint density at radius 3 is 2.60 bits per heavy atom. The van der Waals surface area contributed by atoms with Crippen LogP contribution in [0.5, 0.6) is 0 Å². The number of halogens is 3. The Labute approximate surface area is 142 Å². The van der Waals surface area contributed by atoms with Crippen LogP contribution in [0.3, 0.4) is 0 Å². The lowest BCUT2D eigenvalue weighted by molar-refractivity contribution is 0.0651. The summed E-state index contributed by atoms with van der Waals surface area (Å²) in [5.41, 5.74) is 0.702. The number of nitrogens with zero attached hydrogens (tertiary/aromatic N) is 1. The molecule has 2 nitrogen and oxygen atoms in total. The first-order chi connectivity index (χ1) is 9.63. The van der Waals surface area contributed by atoms with Crippen molar-refractivity contribution in [2.24, 2.45) is 0 Å². The summed E-state index contributed by atoms with van der Waals surface area (Å²) in [6.45, 7) is 0.754. The van der Waals surface area contributed by atoms with Gasteiger partial charge in [0.1, 0.15) is 0 Å². The molecular weight excluding hydrogens is 405 g/mol. The van der Waals surface area contributed by atoms with E-state index in [1.54, 1.807) is 12.1 Å². The molecule has 0 unspecified atom stereocenters. The number of benzene rings is 1. The van der Waals surface area contributed by atoms with Crippen LogP contribution in [-0.4, -0.2) is 28.7 Å². The predicted molar refractivity (Wildman–Crippen MR) is 90.9 cm³/mol. The molecule has 1 saturated carbocycles. The van der Waals surface area contributed by atoms with E-state index in [4.69, 9.17) is 11.6 Å². The van der Waals surface area contributed by atoms with Crippen molar-refractivity contribution in [1.29, 1.82) is 0 Å². The summed E-state index contributed by atoms with van der Waals surface area (Å²) in [7, 11) is 0. The monoisotopic (exact) mass is 421 g/mol. The first-order valence-electron chi connectivity index (χ1n) is 6.95. The Morgan fingerprint density at radius 2 is 2.00 bits per heavy atom. The van der Waals surface area contributed by atoms with Crippen LogP contribution in [0.2, 0.25) is 5.02 Å². The molecule has 0 bridgehead atoms. The van der Waals surface area contributed by atoms with Crippen LogP contribution in [0, 0.1) is 0 Å². The summed E-state index contributed by atoms with van der Waals surface area (Å²) in [6, 6.07) is 5.77. The maximum absolute atomic E-state index is 12.7. The highest BCUT2D eigenvalue weighted by Gasteiger charge is 2.25. The fourth-order valence-corrected chi connectivity index (χ4v) is 3.61. The topological polar surface area (TPSA) is 20.3 Å². The number of carbonyl (C=O) groups is 1. The van der Waals surface area contributed by atoms with Gasteiger partial charge >= 0.3 is 0 Å². The third-order valence-electron chi connectivity index (χ3n) is 3.77. The molecule has 0 atom stereocenters. The van der Waals surface area contributed by atoms with Gasteiger partial charge in [0.05, 0.1) is 5.02 Å². The summed E-state index contributed by atoms with van der Waals surface area (Å²) in [6.07, 6.45) is 5.97. The van der Waals surface area contributed by atoms with Crippen molar-refractivity contribution in [3.63, 3.8) is 0 Å². The minimum Gasteiger partial charge on any atom is -0.335 e. The van der Waals surface area contributed by atoms with Gasteiger partial charge in [0.2, 0.25) is 0 Å². The Morgan fingerprint density at radius 1 is 1.30 bits per heavy atom. The van der Waals surface area contributed by atoms with Crippen molar-refractivity contribution in [3.8, 4) is 0 Å². The molecule has 110 valence electrons. The number of amides is 1. The lowest BCUT2D eigenvalue weighted by Crippen LogP contribution is -2.42. The minimum absolute atomic E-state index is 0.105. The zero-order valence-electron chi connectivity index (χ0n) is 11.2. The fraction of sp³-hybridized carbons (Fsp3) is 0.533. The van der Waals surface area contributed by atoms with E-state index in [0.717, 1.165) is 29.2 Å². The molecular formula is C15H18Br2ClNO. The molecule has 5 heteroatoms. The van der Waals surface area contributed by atoms with Crippen molar-refractivity contribution >= 4 is 49.4 Å². The largest absolute Gasteiger partial charge is 0.335 e. The molecule has 0 aromatic heterocycles. The Bertz CT molecular complexity index is 475. The summed E-state index contributed by atoms with van der Waals surface area (Å²) < 4.78 is 0.771. The number of hydrogen-bond donors (Lipinski definition) is 0. The van der Waals surface area contributed by atoms with E-state index in [2.05, 4.69) is 31.9 Å². The van der Waals surface area contributed by atoms with E-state index < -0.39 is 0 Å². The van der Waals surface area contributed by atoms with Gasteiger partial charge in [-0.1, -0.05) is 46.8 Å². The van der Waals surface area contributed by atoms with Gasteiger partial charge in [-0.15, -0.1) is 0 Å². The van der Waals surface area contributed by atoms with Gasteiger partial charge in [-0.25, -0.2) is 0 Å². The lowest BCUT2D eigenvalue weighted by Gasteiger charge is -2.34. The molecule has 0 aliphatic heterocycles. The quantitative estimate of drug-likeness (QED) is 0.604. The smallest absolute Gasteiger partial charge is 0.254 e. The van der Waals surface area contributed by atoms with Gasteiger partial charge in [0.15, 0.2) is 0 Å². The van der Waals surface area contributed by atoms with Crippen molar-refractivity contribution in [1.82, 2.24) is 4.90 Å². The Hall–Kier alpha value is -0.0600. The zero-order valence-corrected chi connectivity index (χ0v) is 15.2. The fourth-order valence-electron chi connectivity index (χ4n) is 2.73. The summed E-state index contributed by atoms with van der Waals surface area (Å²) >= 11 is 12.8. The third-order valence-corrected chi connectivity index (χ3v) is 5.34. The first-order valence-corrected chi connectivity index (χ1v) is 9.24. The number of rotatable bonds is 4. The van der Waals surface area contributed by atoms with Gasteiger partial charge in [-0.05, 0) is 47.0 Å². The molecule has 0 heterocycles. The molecule has 1 amide bonds. The van der Waals surface area contributed by atoms with Gasteiger partial charge in [0, 0.05) is 28.0 Å². The van der Waals surface area contributed by atoms with Gasteiger partial charge in [-0.3, -0.25) is 4.79 Å². The highest BCUT2D eigenvalue weighted by Crippen LogP contribution is 2.27. The van der Waals surface area contributed by atoms with E-state index in [9.17, 15) is 4.79 Å². The second-order valence-corrected chi connectivity index (χ2v) is 7.16. The van der Waals surface area contributed by atoms with Crippen LogP contribution in [0.25, 0.3) is 0 Å². The SMILES string of the molecule is O=C(c1ccc(Cl)c(Br)c1)N(CCBr)C1CCCCC1. The number of alkyl halides is 1. The first kappa shape index (κ1) is 16.3. The van der Waals surface area contributed by atoms with Gasteiger partial charge in [-0.2, -0.15) is 0 Å². The molecule has 2 rings (SSSR count). The molecule has 1 aromatic rings. The average Bonchev–Trinajstić information content (AvgIpc) is 2.48. The van der Waals surface area contributed by atoms with Crippen LogP contribution < -0.4 is 0 Å². The van der Waals surface area contributed by atoms with Crippen LogP contribution >= 0.6 is 43.5 Å². The van der Waals surface area contributed by atoms with Crippen molar-refractivity contribution < 1.29 is 4.79 Å². The summed E-state index contributed by atoms with van der Waals surface area (Å²) in [5, 5.41) is 1.44. The van der Waals surface area contributed by atoms with Crippen LogP contribution in [0.1, 0.15) is 42.5 Å². The second kappa shape index (κ2) is 7.81. The molecule has 1 aliphatic rings.